The predicted octanol–water partition coefficient (Wildman–Crippen LogP) is 3.98. The fourth-order valence-corrected chi connectivity index (χ4v) is 2.78. The van der Waals surface area contributed by atoms with Crippen molar-refractivity contribution in [3.8, 4) is 0 Å². The van der Waals surface area contributed by atoms with Gasteiger partial charge in [0.05, 0.1) is 5.56 Å². The lowest BCUT2D eigenvalue weighted by Crippen LogP contribution is -2.30. The number of esters is 1. The van der Waals surface area contributed by atoms with Crippen molar-refractivity contribution in [1.82, 2.24) is 0 Å². The second-order valence-corrected chi connectivity index (χ2v) is 6.33. The van der Waals surface area contributed by atoms with Gasteiger partial charge >= 0.3 is 5.97 Å². The van der Waals surface area contributed by atoms with Gasteiger partial charge in [-0.15, -0.1) is 0 Å². The highest BCUT2D eigenvalue weighted by Gasteiger charge is 2.20. The van der Waals surface area contributed by atoms with E-state index in [1.54, 1.807) is 24.3 Å². The maximum atomic E-state index is 12.5. The minimum Gasteiger partial charge on any atom is -0.449 e. The zero-order valence-electron chi connectivity index (χ0n) is 15.6. The molecule has 142 valence electrons. The molecule has 0 spiro atoms. The molecule has 2 N–H and O–H groups in total. The van der Waals surface area contributed by atoms with Gasteiger partial charge in [0.2, 0.25) is 5.91 Å². The monoisotopic (exact) mass is 376 g/mol. The fourth-order valence-electron chi connectivity index (χ4n) is 2.78. The van der Waals surface area contributed by atoms with Gasteiger partial charge in [-0.3, -0.25) is 9.59 Å². The largest absolute Gasteiger partial charge is 0.449 e. The van der Waals surface area contributed by atoms with Gasteiger partial charge in [-0.25, -0.2) is 4.79 Å². The molecule has 0 aliphatic carbocycles. The molecule has 3 aromatic rings. The molecule has 3 rings (SSSR count). The first-order valence-electron chi connectivity index (χ1n) is 8.81. The van der Waals surface area contributed by atoms with Gasteiger partial charge in [0, 0.05) is 23.7 Å². The summed E-state index contributed by atoms with van der Waals surface area (Å²) in [4.78, 5) is 36.0. The quantitative estimate of drug-likeness (QED) is 0.660. The SMILES string of the molecule is CC(=O)Nc1cccc(C(=O)OC(C)C(=O)Nc2cccc3ccccc23)c1. The first-order valence-corrected chi connectivity index (χ1v) is 8.81. The second kappa shape index (κ2) is 8.35. The molecule has 0 fully saturated rings. The second-order valence-electron chi connectivity index (χ2n) is 6.33. The third-order valence-electron chi connectivity index (χ3n) is 4.12. The average Bonchev–Trinajstić information content (AvgIpc) is 2.68. The van der Waals surface area contributed by atoms with Crippen LogP contribution in [0.15, 0.2) is 66.7 Å². The zero-order valence-corrected chi connectivity index (χ0v) is 15.6. The van der Waals surface area contributed by atoms with Gasteiger partial charge < -0.3 is 15.4 Å². The molecule has 0 aliphatic heterocycles. The molecule has 3 aromatic carbocycles. The number of benzene rings is 3. The Hall–Kier alpha value is -3.67. The van der Waals surface area contributed by atoms with E-state index in [-0.39, 0.29) is 11.5 Å². The Labute approximate surface area is 162 Å². The number of carbonyl (C=O) groups excluding carboxylic acids is 3. The summed E-state index contributed by atoms with van der Waals surface area (Å²) in [7, 11) is 0. The number of hydrogen-bond acceptors (Lipinski definition) is 4. The zero-order chi connectivity index (χ0) is 20.1. The van der Waals surface area contributed by atoms with Crippen LogP contribution in [0.4, 0.5) is 11.4 Å². The van der Waals surface area contributed by atoms with E-state index >= 15 is 0 Å². The molecule has 0 radical (unpaired) electrons. The van der Waals surface area contributed by atoms with Gasteiger partial charge in [-0.1, -0.05) is 42.5 Å². The van der Waals surface area contributed by atoms with Crippen molar-refractivity contribution in [3.63, 3.8) is 0 Å². The first-order chi connectivity index (χ1) is 13.4. The van der Waals surface area contributed by atoms with Crippen molar-refractivity contribution in [2.75, 3.05) is 10.6 Å². The van der Waals surface area contributed by atoms with Crippen LogP contribution in [0.5, 0.6) is 0 Å². The smallest absolute Gasteiger partial charge is 0.338 e. The molecular formula is C22H20N2O4. The molecular weight excluding hydrogens is 356 g/mol. The number of ether oxygens (including phenoxy) is 1. The summed E-state index contributed by atoms with van der Waals surface area (Å²) in [6, 6.07) is 19.6. The van der Waals surface area contributed by atoms with Gasteiger partial charge in [0.15, 0.2) is 6.10 Å². The Bertz CT molecular complexity index is 1040. The summed E-state index contributed by atoms with van der Waals surface area (Å²) < 4.78 is 5.28. The summed E-state index contributed by atoms with van der Waals surface area (Å²) in [6.45, 7) is 2.89. The Kier molecular flexibility index (Phi) is 5.69. The number of rotatable bonds is 5. The molecule has 1 unspecified atom stereocenters. The maximum absolute atomic E-state index is 12.5. The van der Waals surface area contributed by atoms with Crippen LogP contribution in [-0.2, 0) is 14.3 Å². The van der Waals surface area contributed by atoms with E-state index in [4.69, 9.17) is 4.74 Å². The van der Waals surface area contributed by atoms with Crippen molar-refractivity contribution in [2.45, 2.75) is 20.0 Å². The summed E-state index contributed by atoms with van der Waals surface area (Å²) >= 11 is 0. The molecule has 2 amide bonds. The van der Waals surface area contributed by atoms with Crippen LogP contribution in [0.2, 0.25) is 0 Å². The Morgan fingerprint density at radius 3 is 2.39 bits per heavy atom. The molecule has 0 aromatic heterocycles. The van der Waals surface area contributed by atoms with Crippen molar-refractivity contribution < 1.29 is 19.1 Å². The van der Waals surface area contributed by atoms with Crippen molar-refractivity contribution in [1.29, 1.82) is 0 Å². The molecule has 0 saturated heterocycles. The highest BCUT2D eigenvalue weighted by molar-refractivity contribution is 6.04. The maximum Gasteiger partial charge on any atom is 0.338 e. The summed E-state index contributed by atoms with van der Waals surface area (Å²) in [5.74, 6) is -1.32. The first kappa shape index (κ1) is 19.1. The van der Waals surface area contributed by atoms with Gasteiger partial charge in [-0.05, 0) is 36.6 Å². The molecule has 1 atom stereocenters. The predicted molar refractivity (Wildman–Crippen MR) is 108 cm³/mol. The average molecular weight is 376 g/mol. The standard InChI is InChI=1S/C22H20N2O4/c1-14(28-22(27)17-9-5-10-18(13-17)23-15(2)25)21(26)24-20-12-6-8-16-7-3-4-11-19(16)20/h3-14H,1-2H3,(H,23,25)(H,24,26). The van der Waals surface area contributed by atoms with Gasteiger partial charge in [-0.2, -0.15) is 0 Å². The van der Waals surface area contributed by atoms with E-state index in [1.807, 2.05) is 36.4 Å². The van der Waals surface area contributed by atoms with E-state index in [1.165, 1.54) is 19.9 Å². The normalized spacial score (nSPS) is 11.5. The number of amides is 2. The Morgan fingerprint density at radius 2 is 1.61 bits per heavy atom. The van der Waals surface area contributed by atoms with Crippen LogP contribution < -0.4 is 10.6 Å². The van der Waals surface area contributed by atoms with E-state index in [0.717, 1.165) is 10.8 Å². The highest BCUT2D eigenvalue weighted by atomic mass is 16.5. The minimum absolute atomic E-state index is 0.242. The van der Waals surface area contributed by atoms with Gasteiger partial charge in [0.1, 0.15) is 0 Å². The van der Waals surface area contributed by atoms with E-state index in [2.05, 4.69) is 10.6 Å². The summed E-state index contributed by atoms with van der Waals surface area (Å²) in [5, 5.41) is 7.31. The third-order valence-corrected chi connectivity index (χ3v) is 4.12. The van der Waals surface area contributed by atoms with Gasteiger partial charge in [0.25, 0.3) is 5.91 Å². The number of carbonyl (C=O) groups is 3. The van der Waals surface area contributed by atoms with E-state index in [9.17, 15) is 14.4 Å². The third kappa shape index (κ3) is 4.54. The van der Waals surface area contributed by atoms with Crippen molar-refractivity contribution in [3.05, 3.63) is 72.3 Å². The van der Waals surface area contributed by atoms with Crippen LogP contribution >= 0.6 is 0 Å². The van der Waals surface area contributed by atoms with Crippen LogP contribution in [0, 0.1) is 0 Å². The molecule has 28 heavy (non-hydrogen) atoms. The van der Waals surface area contributed by atoms with Crippen LogP contribution in [0.3, 0.4) is 0 Å². The topological polar surface area (TPSA) is 84.5 Å². The summed E-state index contributed by atoms with van der Waals surface area (Å²) in [6.07, 6.45) is -0.990. The van der Waals surface area contributed by atoms with E-state index < -0.39 is 18.0 Å². The number of hydrogen-bond donors (Lipinski definition) is 2. The molecule has 0 heterocycles. The Morgan fingerprint density at radius 1 is 0.893 bits per heavy atom. The number of fused-ring (bicyclic) bond motifs is 1. The van der Waals surface area contributed by atoms with Crippen molar-refractivity contribution >= 4 is 39.9 Å². The van der Waals surface area contributed by atoms with Crippen LogP contribution in [-0.4, -0.2) is 23.9 Å². The molecule has 6 nitrogen and oxygen atoms in total. The van der Waals surface area contributed by atoms with Crippen molar-refractivity contribution in [2.24, 2.45) is 0 Å². The fraction of sp³-hybridized carbons (Fsp3) is 0.136. The van der Waals surface area contributed by atoms with Crippen LogP contribution in [0.25, 0.3) is 10.8 Å². The lowest BCUT2D eigenvalue weighted by Gasteiger charge is -2.15. The minimum atomic E-state index is -0.990. The number of anilines is 2. The highest BCUT2D eigenvalue weighted by Crippen LogP contribution is 2.23. The molecule has 0 aliphatic rings. The lowest BCUT2D eigenvalue weighted by atomic mass is 10.1. The molecule has 0 saturated carbocycles. The molecule has 0 bridgehead atoms. The Balaban J connectivity index is 1.68. The van der Waals surface area contributed by atoms with E-state index in [0.29, 0.717) is 11.4 Å². The molecule has 6 heteroatoms. The lowest BCUT2D eigenvalue weighted by molar-refractivity contribution is -0.123. The number of nitrogens with one attached hydrogen (secondary N) is 2. The summed E-state index contributed by atoms with van der Waals surface area (Å²) in [5.41, 5.74) is 1.38. The van der Waals surface area contributed by atoms with Crippen LogP contribution in [0.1, 0.15) is 24.2 Å².